The first-order valence-corrected chi connectivity index (χ1v) is 10.8. The van der Waals surface area contributed by atoms with Crippen molar-refractivity contribution in [2.45, 2.75) is 5.41 Å². The molecule has 4 heteroatoms. The summed E-state index contributed by atoms with van der Waals surface area (Å²) in [5.41, 5.74) is 6.03. The number of phenols is 2. The van der Waals surface area contributed by atoms with Gasteiger partial charge in [-0.15, -0.1) is 0 Å². The van der Waals surface area contributed by atoms with E-state index in [0.29, 0.717) is 8.95 Å². The molecule has 0 radical (unpaired) electrons. The van der Waals surface area contributed by atoms with E-state index in [9.17, 15) is 10.2 Å². The quantitative estimate of drug-likeness (QED) is 0.270. The second-order valence-electron chi connectivity index (χ2n) is 7.17. The molecule has 2 N–H and O–H groups in total. The molecule has 0 aliphatic heterocycles. The molecule has 0 atom stereocenters. The summed E-state index contributed by atoms with van der Waals surface area (Å²) < 4.78 is 1.29. The largest absolute Gasteiger partial charge is 0.507 e. The predicted octanol–water partition coefficient (Wildman–Crippen LogP) is 6.99. The van der Waals surface area contributed by atoms with Gasteiger partial charge in [-0.3, -0.25) is 0 Å². The number of rotatable bonds is 2. The summed E-state index contributed by atoms with van der Waals surface area (Å²) in [6.07, 6.45) is 0. The van der Waals surface area contributed by atoms with Gasteiger partial charge in [-0.1, -0.05) is 60.7 Å². The van der Waals surface area contributed by atoms with Crippen molar-refractivity contribution in [1.29, 1.82) is 0 Å². The summed E-state index contributed by atoms with van der Waals surface area (Å²) in [7, 11) is 0. The zero-order valence-corrected chi connectivity index (χ0v) is 18.4. The first-order chi connectivity index (χ1) is 14.0. The lowest BCUT2D eigenvalue weighted by molar-refractivity contribution is 0.469. The molecule has 0 amide bonds. The van der Waals surface area contributed by atoms with Crippen LogP contribution in [0.1, 0.15) is 22.3 Å². The van der Waals surface area contributed by atoms with E-state index in [2.05, 4.69) is 68.3 Å². The van der Waals surface area contributed by atoms with Crippen LogP contribution in [0.3, 0.4) is 0 Å². The van der Waals surface area contributed by atoms with Crippen LogP contribution in [-0.2, 0) is 5.41 Å². The molecule has 0 saturated carbocycles. The Bertz CT molecular complexity index is 1160. The molecule has 5 rings (SSSR count). The van der Waals surface area contributed by atoms with E-state index < -0.39 is 5.41 Å². The fourth-order valence-corrected chi connectivity index (χ4v) is 5.14. The second-order valence-corrected chi connectivity index (χ2v) is 8.88. The van der Waals surface area contributed by atoms with Crippen molar-refractivity contribution < 1.29 is 10.2 Å². The van der Waals surface area contributed by atoms with Crippen molar-refractivity contribution in [3.05, 3.63) is 116 Å². The molecule has 0 unspecified atom stereocenters. The van der Waals surface area contributed by atoms with Gasteiger partial charge in [0, 0.05) is 0 Å². The molecule has 1 aliphatic carbocycles. The Morgan fingerprint density at radius 3 is 1.69 bits per heavy atom. The van der Waals surface area contributed by atoms with Crippen molar-refractivity contribution >= 4 is 31.9 Å². The summed E-state index contributed by atoms with van der Waals surface area (Å²) in [4.78, 5) is 0. The van der Waals surface area contributed by atoms with Crippen LogP contribution in [0.2, 0.25) is 0 Å². The first-order valence-electron chi connectivity index (χ1n) is 9.21. The predicted molar refractivity (Wildman–Crippen MR) is 122 cm³/mol. The van der Waals surface area contributed by atoms with E-state index in [1.54, 1.807) is 6.07 Å². The normalized spacial score (nSPS) is 13.7. The van der Waals surface area contributed by atoms with E-state index in [1.165, 1.54) is 11.1 Å². The fourth-order valence-electron chi connectivity index (χ4n) is 4.51. The molecule has 29 heavy (non-hydrogen) atoms. The molecule has 0 saturated heterocycles. The van der Waals surface area contributed by atoms with E-state index >= 15 is 0 Å². The zero-order valence-electron chi connectivity index (χ0n) is 15.2. The minimum atomic E-state index is -0.610. The Morgan fingerprint density at radius 1 is 0.552 bits per heavy atom. The third kappa shape index (κ3) is 2.59. The average Bonchev–Trinajstić information content (AvgIpc) is 3.04. The summed E-state index contributed by atoms with van der Waals surface area (Å²) in [5.74, 6) is 0.392. The van der Waals surface area contributed by atoms with Gasteiger partial charge in [-0.05, 0) is 89.5 Å². The Kier molecular flexibility index (Phi) is 4.30. The van der Waals surface area contributed by atoms with Gasteiger partial charge in [0.2, 0.25) is 0 Å². The van der Waals surface area contributed by atoms with Crippen LogP contribution in [0, 0.1) is 0 Å². The highest BCUT2D eigenvalue weighted by atomic mass is 79.9. The SMILES string of the molecule is Oc1cc(C2(c3ccc(O)c(Br)c3)c3ccccc3-c3ccccc32)ccc1Br. The third-order valence-electron chi connectivity index (χ3n) is 5.71. The van der Waals surface area contributed by atoms with Crippen LogP contribution in [0.4, 0.5) is 0 Å². The lowest BCUT2D eigenvalue weighted by Crippen LogP contribution is -2.28. The second kappa shape index (κ2) is 6.75. The van der Waals surface area contributed by atoms with Gasteiger partial charge in [0.05, 0.1) is 14.4 Å². The lowest BCUT2D eigenvalue weighted by atomic mass is 9.67. The summed E-state index contributed by atoms with van der Waals surface area (Å²) in [6, 6.07) is 28.2. The number of fused-ring (bicyclic) bond motifs is 3. The Balaban J connectivity index is 1.97. The standard InChI is InChI=1S/C25H16Br2O2/c26-21-11-9-16(14-24(21)29)25(15-10-12-23(28)22(27)13-15)19-7-3-1-5-17(19)18-6-2-4-8-20(18)25/h1-14,28-29H. The topological polar surface area (TPSA) is 40.5 Å². The Morgan fingerprint density at radius 2 is 1.10 bits per heavy atom. The van der Waals surface area contributed by atoms with Crippen LogP contribution in [0.15, 0.2) is 93.9 Å². The molecule has 2 nitrogen and oxygen atoms in total. The van der Waals surface area contributed by atoms with E-state index in [0.717, 1.165) is 22.3 Å². The highest BCUT2D eigenvalue weighted by molar-refractivity contribution is 9.10. The number of halogens is 2. The summed E-state index contributed by atoms with van der Waals surface area (Å²) in [5, 5.41) is 20.6. The molecule has 0 bridgehead atoms. The number of hydrogen-bond donors (Lipinski definition) is 2. The monoisotopic (exact) mass is 506 g/mol. The van der Waals surface area contributed by atoms with Gasteiger partial charge in [0.15, 0.2) is 0 Å². The molecule has 0 fully saturated rings. The number of aromatic hydroxyl groups is 2. The molecule has 4 aromatic rings. The molecule has 1 aliphatic rings. The lowest BCUT2D eigenvalue weighted by Gasteiger charge is -2.34. The van der Waals surface area contributed by atoms with Gasteiger partial charge in [-0.25, -0.2) is 0 Å². The van der Waals surface area contributed by atoms with Crippen molar-refractivity contribution in [3.63, 3.8) is 0 Å². The van der Waals surface area contributed by atoms with Crippen LogP contribution >= 0.6 is 31.9 Å². The van der Waals surface area contributed by atoms with Crippen molar-refractivity contribution in [1.82, 2.24) is 0 Å². The van der Waals surface area contributed by atoms with Crippen LogP contribution in [-0.4, -0.2) is 10.2 Å². The van der Waals surface area contributed by atoms with Gasteiger partial charge in [0.1, 0.15) is 11.5 Å². The van der Waals surface area contributed by atoms with E-state index in [4.69, 9.17) is 0 Å². The molecule has 4 aromatic carbocycles. The maximum atomic E-state index is 10.5. The Hall–Kier alpha value is -2.56. The van der Waals surface area contributed by atoms with Gasteiger partial charge in [0.25, 0.3) is 0 Å². The van der Waals surface area contributed by atoms with Crippen molar-refractivity contribution in [2.24, 2.45) is 0 Å². The molecule has 0 heterocycles. The van der Waals surface area contributed by atoms with Gasteiger partial charge >= 0.3 is 0 Å². The minimum Gasteiger partial charge on any atom is -0.507 e. The number of benzene rings is 4. The van der Waals surface area contributed by atoms with Crippen molar-refractivity contribution in [3.8, 4) is 22.6 Å². The molecular weight excluding hydrogens is 492 g/mol. The fraction of sp³-hybridized carbons (Fsp3) is 0.0400. The summed E-state index contributed by atoms with van der Waals surface area (Å²) in [6.45, 7) is 0. The van der Waals surface area contributed by atoms with Crippen LogP contribution < -0.4 is 0 Å². The van der Waals surface area contributed by atoms with E-state index in [1.807, 2.05) is 42.5 Å². The van der Waals surface area contributed by atoms with Gasteiger partial charge in [-0.2, -0.15) is 0 Å². The van der Waals surface area contributed by atoms with Gasteiger partial charge < -0.3 is 10.2 Å². The molecule has 142 valence electrons. The average molecular weight is 508 g/mol. The maximum Gasteiger partial charge on any atom is 0.130 e. The highest BCUT2D eigenvalue weighted by Crippen LogP contribution is 2.57. The zero-order chi connectivity index (χ0) is 20.2. The summed E-state index contributed by atoms with van der Waals surface area (Å²) >= 11 is 6.89. The minimum absolute atomic E-state index is 0.196. The Labute approximate surface area is 185 Å². The van der Waals surface area contributed by atoms with Crippen LogP contribution in [0.5, 0.6) is 11.5 Å². The third-order valence-corrected chi connectivity index (χ3v) is 7.02. The maximum absolute atomic E-state index is 10.5. The molecule has 0 aromatic heterocycles. The molecule has 0 spiro atoms. The van der Waals surface area contributed by atoms with Crippen molar-refractivity contribution in [2.75, 3.05) is 0 Å². The molecular formula is C25H16Br2O2. The smallest absolute Gasteiger partial charge is 0.130 e. The van der Waals surface area contributed by atoms with Crippen LogP contribution in [0.25, 0.3) is 11.1 Å². The first kappa shape index (κ1) is 18.5. The van der Waals surface area contributed by atoms with E-state index in [-0.39, 0.29) is 11.5 Å². The highest BCUT2D eigenvalue weighted by Gasteiger charge is 2.46. The number of phenolic OH excluding ortho intramolecular Hbond substituents is 2. The number of hydrogen-bond acceptors (Lipinski definition) is 2.